The van der Waals surface area contributed by atoms with E-state index in [1.165, 1.54) is 0 Å². The van der Waals surface area contributed by atoms with Crippen LogP contribution in [0.1, 0.15) is 5.56 Å². The van der Waals surface area contributed by atoms with E-state index < -0.39 is 18.6 Å². The molecule has 0 bridgehead atoms. The number of nitrogens with zero attached hydrogens (tertiary/aromatic N) is 1. The lowest BCUT2D eigenvalue weighted by Crippen LogP contribution is -2.39. The smallest absolute Gasteiger partial charge is 0.365 e. The van der Waals surface area contributed by atoms with Gasteiger partial charge >= 0.3 is 6.18 Å². The van der Waals surface area contributed by atoms with Crippen molar-refractivity contribution in [3.63, 3.8) is 0 Å². The van der Waals surface area contributed by atoms with Crippen LogP contribution in [0.15, 0.2) is 24.3 Å². The number of hydrogen-bond donors (Lipinski definition) is 2. The highest BCUT2D eigenvalue weighted by Crippen LogP contribution is 2.15. The van der Waals surface area contributed by atoms with E-state index in [0.29, 0.717) is 6.54 Å². The zero-order valence-corrected chi connectivity index (χ0v) is 10.5. The van der Waals surface area contributed by atoms with Gasteiger partial charge in [0.1, 0.15) is 6.54 Å². The fraction of sp³-hybridized carbons (Fsp3) is 0.417. The zero-order valence-electron chi connectivity index (χ0n) is 10.5. The number of alkyl halides is 3. The maximum Gasteiger partial charge on any atom is 0.405 e. The number of likely N-dealkylation sites (N-methyl/N-ethyl adjacent to an activating group) is 1. The second kappa shape index (κ2) is 6.42. The predicted octanol–water partition coefficient (Wildman–Crippen LogP) is 1.26. The highest BCUT2D eigenvalue weighted by atomic mass is 19.4. The second-order valence-corrected chi connectivity index (χ2v) is 4.12. The number of amides is 1. The molecule has 0 heterocycles. The maximum atomic E-state index is 11.9. The Bertz CT molecular complexity index is 434. The van der Waals surface area contributed by atoms with Crippen LogP contribution in [0, 0.1) is 0 Å². The van der Waals surface area contributed by atoms with Gasteiger partial charge in [-0.1, -0.05) is 12.1 Å². The van der Waals surface area contributed by atoms with E-state index in [4.69, 9.17) is 5.73 Å². The molecule has 0 atom stereocenters. The molecule has 0 aliphatic rings. The van der Waals surface area contributed by atoms with Crippen molar-refractivity contribution >= 4 is 11.6 Å². The average molecular weight is 275 g/mol. The zero-order chi connectivity index (χ0) is 14.5. The van der Waals surface area contributed by atoms with Crippen molar-refractivity contribution < 1.29 is 18.0 Å². The van der Waals surface area contributed by atoms with Gasteiger partial charge in [-0.15, -0.1) is 0 Å². The van der Waals surface area contributed by atoms with Gasteiger partial charge in [-0.2, -0.15) is 13.2 Å². The number of carbonyl (C=O) groups excluding carboxylic acids is 1. The van der Waals surface area contributed by atoms with Crippen molar-refractivity contribution in [3.8, 4) is 0 Å². The third-order valence-electron chi connectivity index (χ3n) is 2.45. The number of rotatable bonds is 5. The quantitative estimate of drug-likeness (QED) is 0.850. The SMILES string of the molecule is CN(CC(=O)NCC(F)(F)F)c1cccc(CN)c1. The number of carbonyl (C=O) groups is 1. The van der Waals surface area contributed by atoms with Gasteiger partial charge in [-0.05, 0) is 17.7 Å². The minimum atomic E-state index is -4.40. The Kier molecular flexibility index (Phi) is 5.17. The van der Waals surface area contributed by atoms with Crippen molar-refractivity contribution in [2.75, 3.05) is 25.0 Å². The Morgan fingerprint density at radius 1 is 1.42 bits per heavy atom. The fourth-order valence-corrected chi connectivity index (χ4v) is 1.48. The maximum absolute atomic E-state index is 11.9. The molecule has 0 fully saturated rings. The van der Waals surface area contributed by atoms with E-state index in [-0.39, 0.29) is 6.54 Å². The van der Waals surface area contributed by atoms with E-state index >= 15 is 0 Å². The molecule has 0 radical (unpaired) electrons. The van der Waals surface area contributed by atoms with Crippen LogP contribution in [-0.2, 0) is 11.3 Å². The van der Waals surface area contributed by atoms with E-state index in [9.17, 15) is 18.0 Å². The molecule has 0 aromatic heterocycles. The Morgan fingerprint density at radius 2 is 2.11 bits per heavy atom. The largest absolute Gasteiger partial charge is 0.405 e. The summed E-state index contributed by atoms with van der Waals surface area (Å²) in [7, 11) is 1.63. The Hall–Kier alpha value is -1.76. The van der Waals surface area contributed by atoms with Gasteiger partial charge in [0.15, 0.2) is 0 Å². The highest BCUT2D eigenvalue weighted by molar-refractivity contribution is 5.81. The first kappa shape index (κ1) is 15.3. The lowest BCUT2D eigenvalue weighted by atomic mass is 10.2. The summed E-state index contributed by atoms with van der Waals surface area (Å²) in [5.41, 5.74) is 7.11. The van der Waals surface area contributed by atoms with Gasteiger partial charge in [0.25, 0.3) is 0 Å². The number of nitrogens with one attached hydrogen (secondary N) is 1. The summed E-state index contributed by atoms with van der Waals surface area (Å²) in [4.78, 5) is 12.9. The van der Waals surface area contributed by atoms with Crippen LogP contribution in [0.4, 0.5) is 18.9 Å². The number of benzene rings is 1. The first-order valence-corrected chi connectivity index (χ1v) is 5.65. The van der Waals surface area contributed by atoms with Crippen LogP contribution in [0.25, 0.3) is 0 Å². The summed E-state index contributed by atoms with van der Waals surface area (Å²) in [6.07, 6.45) is -4.40. The van der Waals surface area contributed by atoms with Crippen LogP contribution < -0.4 is 16.0 Å². The minimum Gasteiger partial charge on any atom is -0.365 e. The molecule has 106 valence electrons. The summed E-state index contributed by atoms with van der Waals surface area (Å²) < 4.78 is 35.8. The fourth-order valence-electron chi connectivity index (χ4n) is 1.48. The number of hydrogen-bond acceptors (Lipinski definition) is 3. The molecule has 3 N–H and O–H groups in total. The first-order chi connectivity index (χ1) is 8.81. The molecule has 0 aliphatic heterocycles. The van der Waals surface area contributed by atoms with Crippen molar-refractivity contribution in [1.82, 2.24) is 5.32 Å². The molecule has 19 heavy (non-hydrogen) atoms. The van der Waals surface area contributed by atoms with Crippen LogP contribution in [0.2, 0.25) is 0 Å². The van der Waals surface area contributed by atoms with Gasteiger partial charge in [0.2, 0.25) is 5.91 Å². The lowest BCUT2D eigenvalue weighted by molar-refractivity contribution is -0.137. The summed E-state index contributed by atoms with van der Waals surface area (Å²) >= 11 is 0. The van der Waals surface area contributed by atoms with Gasteiger partial charge in [0, 0.05) is 19.3 Å². The molecule has 0 saturated carbocycles. The van der Waals surface area contributed by atoms with Crippen molar-refractivity contribution in [3.05, 3.63) is 29.8 Å². The third kappa shape index (κ3) is 5.60. The molecule has 1 aromatic carbocycles. The molecular formula is C12H16F3N3O. The second-order valence-electron chi connectivity index (χ2n) is 4.12. The summed E-state index contributed by atoms with van der Waals surface area (Å²) in [5, 5.41) is 1.82. The predicted molar refractivity (Wildman–Crippen MR) is 66.7 cm³/mol. The van der Waals surface area contributed by atoms with E-state index in [0.717, 1.165) is 11.3 Å². The van der Waals surface area contributed by atoms with Crippen molar-refractivity contribution in [2.24, 2.45) is 5.73 Å². The molecule has 1 amide bonds. The summed E-state index contributed by atoms with van der Waals surface area (Å²) in [6, 6.07) is 7.16. The lowest BCUT2D eigenvalue weighted by Gasteiger charge is -2.19. The van der Waals surface area contributed by atoms with Gasteiger partial charge in [-0.3, -0.25) is 4.79 Å². The minimum absolute atomic E-state index is 0.149. The van der Waals surface area contributed by atoms with Crippen LogP contribution in [0.3, 0.4) is 0 Å². The third-order valence-corrected chi connectivity index (χ3v) is 2.45. The van der Waals surface area contributed by atoms with Gasteiger partial charge in [-0.25, -0.2) is 0 Å². The molecule has 1 rings (SSSR count). The number of halogens is 3. The molecule has 4 nitrogen and oxygen atoms in total. The van der Waals surface area contributed by atoms with Crippen molar-refractivity contribution in [1.29, 1.82) is 0 Å². The number of nitrogens with two attached hydrogens (primary N) is 1. The molecule has 0 spiro atoms. The van der Waals surface area contributed by atoms with Crippen LogP contribution in [0.5, 0.6) is 0 Å². The molecule has 0 saturated heterocycles. The molecule has 7 heteroatoms. The number of anilines is 1. The summed E-state index contributed by atoms with van der Waals surface area (Å²) in [5.74, 6) is -0.682. The first-order valence-electron chi connectivity index (χ1n) is 5.65. The molecule has 0 aliphatic carbocycles. The van der Waals surface area contributed by atoms with Crippen LogP contribution >= 0.6 is 0 Å². The normalized spacial score (nSPS) is 11.2. The standard InChI is InChI=1S/C12H16F3N3O/c1-18(7-11(19)17-8-12(13,14)15)10-4-2-3-9(5-10)6-16/h2-5H,6-8,16H2,1H3,(H,17,19). The molecule has 1 aromatic rings. The molecule has 0 unspecified atom stereocenters. The monoisotopic (exact) mass is 275 g/mol. The topological polar surface area (TPSA) is 58.4 Å². The van der Waals surface area contributed by atoms with E-state index in [1.807, 2.05) is 11.4 Å². The molecular weight excluding hydrogens is 259 g/mol. The highest BCUT2D eigenvalue weighted by Gasteiger charge is 2.27. The Labute approximate surface area is 109 Å². The Balaban J connectivity index is 2.54. The van der Waals surface area contributed by atoms with Crippen LogP contribution in [-0.4, -0.2) is 32.2 Å². The average Bonchev–Trinajstić information content (AvgIpc) is 2.35. The Morgan fingerprint density at radius 3 is 2.68 bits per heavy atom. The van der Waals surface area contributed by atoms with Crippen molar-refractivity contribution in [2.45, 2.75) is 12.7 Å². The van der Waals surface area contributed by atoms with E-state index in [2.05, 4.69) is 0 Å². The van der Waals surface area contributed by atoms with E-state index in [1.54, 1.807) is 30.1 Å². The summed E-state index contributed by atoms with van der Waals surface area (Å²) in [6.45, 7) is -1.10. The van der Waals surface area contributed by atoms with Gasteiger partial charge in [0.05, 0.1) is 6.54 Å². The van der Waals surface area contributed by atoms with Gasteiger partial charge < -0.3 is 16.0 Å².